The molecule has 0 saturated carbocycles. The molecule has 0 aliphatic rings. The number of ether oxygens (including phenoxy) is 1. The average molecular weight is 256 g/mol. The highest BCUT2D eigenvalue weighted by atomic mass is 16.6. The number of nitrogens with zero attached hydrogens (tertiary/aromatic N) is 3. The summed E-state index contributed by atoms with van der Waals surface area (Å²) in [6.45, 7) is 2.62. The van der Waals surface area contributed by atoms with E-state index in [1.807, 2.05) is 0 Å². The molecule has 1 N–H and O–H groups in total. The molecule has 18 heavy (non-hydrogen) atoms. The number of hydrogen-bond acceptors (Lipinski definition) is 5. The van der Waals surface area contributed by atoms with Crippen molar-refractivity contribution < 1.29 is 14.5 Å². The van der Waals surface area contributed by atoms with Gasteiger partial charge in [-0.05, 0) is 13.3 Å². The van der Waals surface area contributed by atoms with E-state index in [0.717, 1.165) is 12.6 Å². The van der Waals surface area contributed by atoms with Gasteiger partial charge in [-0.2, -0.15) is 5.10 Å². The molecule has 1 aromatic rings. The SMILES string of the molecule is COCCCNC(=O)Cn1ncc([N+](=O)[O-])c1C. The molecule has 100 valence electrons. The average Bonchev–Trinajstić information content (AvgIpc) is 2.67. The van der Waals surface area contributed by atoms with Crippen LogP contribution in [0.1, 0.15) is 12.1 Å². The molecule has 1 rings (SSSR count). The van der Waals surface area contributed by atoms with Crippen LogP contribution in [-0.4, -0.2) is 40.9 Å². The fourth-order valence-corrected chi connectivity index (χ4v) is 1.41. The summed E-state index contributed by atoms with van der Waals surface area (Å²) < 4.78 is 6.16. The monoisotopic (exact) mass is 256 g/mol. The van der Waals surface area contributed by atoms with Gasteiger partial charge in [0, 0.05) is 20.3 Å². The molecule has 0 unspecified atom stereocenters. The number of hydrogen-bond donors (Lipinski definition) is 1. The van der Waals surface area contributed by atoms with Crippen molar-refractivity contribution in [3.8, 4) is 0 Å². The zero-order valence-corrected chi connectivity index (χ0v) is 10.4. The van der Waals surface area contributed by atoms with Crippen LogP contribution in [0.4, 0.5) is 5.69 Å². The van der Waals surface area contributed by atoms with Crippen molar-refractivity contribution in [3.63, 3.8) is 0 Å². The summed E-state index contributed by atoms with van der Waals surface area (Å²) >= 11 is 0. The Kier molecular flexibility index (Phi) is 5.25. The molecule has 0 radical (unpaired) electrons. The highest BCUT2D eigenvalue weighted by Crippen LogP contribution is 2.15. The number of nitrogens with one attached hydrogen (secondary N) is 1. The zero-order valence-electron chi connectivity index (χ0n) is 10.4. The summed E-state index contributed by atoms with van der Waals surface area (Å²) in [7, 11) is 1.59. The molecule has 0 aliphatic heterocycles. The van der Waals surface area contributed by atoms with Gasteiger partial charge in [-0.3, -0.25) is 19.6 Å². The highest BCUT2D eigenvalue weighted by molar-refractivity contribution is 5.75. The Bertz CT molecular complexity index is 430. The lowest BCUT2D eigenvalue weighted by atomic mass is 10.4. The Balaban J connectivity index is 2.47. The third-order valence-electron chi connectivity index (χ3n) is 2.41. The van der Waals surface area contributed by atoms with Crippen LogP contribution in [0.3, 0.4) is 0 Å². The summed E-state index contributed by atoms with van der Waals surface area (Å²) in [5, 5.41) is 17.1. The van der Waals surface area contributed by atoms with E-state index in [0.29, 0.717) is 18.8 Å². The van der Waals surface area contributed by atoms with Gasteiger partial charge in [0.15, 0.2) is 0 Å². The van der Waals surface area contributed by atoms with Crippen molar-refractivity contribution in [2.75, 3.05) is 20.3 Å². The van der Waals surface area contributed by atoms with E-state index < -0.39 is 4.92 Å². The van der Waals surface area contributed by atoms with Crippen molar-refractivity contribution >= 4 is 11.6 Å². The van der Waals surface area contributed by atoms with Gasteiger partial charge in [-0.25, -0.2) is 0 Å². The Hall–Kier alpha value is -1.96. The van der Waals surface area contributed by atoms with E-state index in [-0.39, 0.29) is 18.1 Å². The summed E-state index contributed by atoms with van der Waals surface area (Å²) in [5.74, 6) is -0.229. The van der Waals surface area contributed by atoms with Crippen LogP contribution in [0.15, 0.2) is 6.20 Å². The largest absolute Gasteiger partial charge is 0.385 e. The first-order valence-corrected chi connectivity index (χ1v) is 5.48. The van der Waals surface area contributed by atoms with Crippen LogP contribution >= 0.6 is 0 Å². The van der Waals surface area contributed by atoms with Gasteiger partial charge in [0.25, 0.3) is 0 Å². The Morgan fingerprint density at radius 2 is 2.39 bits per heavy atom. The molecule has 0 bridgehead atoms. The van der Waals surface area contributed by atoms with Crippen molar-refractivity contribution in [1.82, 2.24) is 15.1 Å². The Morgan fingerprint density at radius 1 is 1.67 bits per heavy atom. The van der Waals surface area contributed by atoms with Crippen LogP contribution in [-0.2, 0) is 16.1 Å². The number of rotatable bonds is 7. The fraction of sp³-hybridized carbons (Fsp3) is 0.600. The Labute approximate surface area is 104 Å². The number of aromatic nitrogens is 2. The van der Waals surface area contributed by atoms with Crippen molar-refractivity contribution in [2.24, 2.45) is 0 Å². The second kappa shape index (κ2) is 6.70. The lowest BCUT2D eigenvalue weighted by molar-refractivity contribution is -0.385. The second-order valence-corrected chi connectivity index (χ2v) is 3.73. The molecule has 0 aromatic carbocycles. The molecular formula is C10H16N4O4. The summed E-state index contributed by atoms with van der Waals surface area (Å²) in [6, 6.07) is 0. The van der Waals surface area contributed by atoms with Crippen molar-refractivity contribution in [3.05, 3.63) is 22.0 Å². The van der Waals surface area contributed by atoms with Gasteiger partial charge in [0.2, 0.25) is 5.91 Å². The van der Waals surface area contributed by atoms with Gasteiger partial charge in [0.05, 0.1) is 4.92 Å². The Morgan fingerprint density at radius 3 is 2.94 bits per heavy atom. The van der Waals surface area contributed by atoms with E-state index in [2.05, 4.69) is 10.4 Å². The lowest BCUT2D eigenvalue weighted by Crippen LogP contribution is -2.29. The van der Waals surface area contributed by atoms with Gasteiger partial charge in [-0.15, -0.1) is 0 Å². The molecule has 0 saturated heterocycles. The minimum Gasteiger partial charge on any atom is -0.385 e. The molecule has 1 amide bonds. The fourth-order valence-electron chi connectivity index (χ4n) is 1.41. The van der Waals surface area contributed by atoms with Crippen molar-refractivity contribution in [2.45, 2.75) is 19.9 Å². The second-order valence-electron chi connectivity index (χ2n) is 3.73. The van der Waals surface area contributed by atoms with Crippen LogP contribution in [0.5, 0.6) is 0 Å². The smallest absolute Gasteiger partial charge is 0.309 e. The van der Waals surface area contributed by atoms with Crippen molar-refractivity contribution in [1.29, 1.82) is 0 Å². The molecule has 1 aromatic heterocycles. The summed E-state index contributed by atoms with van der Waals surface area (Å²) in [4.78, 5) is 21.6. The summed E-state index contributed by atoms with van der Waals surface area (Å²) in [6.07, 6.45) is 1.87. The van der Waals surface area contributed by atoms with E-state index >= 15 is 0 Å². The predicted octanol–water partition coefficient (Wildman–Crippen LogP) is 0.252. The van der Waals surface area contributed by atoms with Crippen LogP contribution in [0.25, 0.3) is 0 Å². The molecule has 8 nitrogen and oxygen atoms in total. The number of nitro groups is 1. The third-order valence-corrected chi connectivity index (χ3v) is 2.41. The minimum atomic E-state index is -0.519. The first-order valence-electron chi connectivity index (χ1n) is 5.48. The van der Waals surface area contributed by atoms with E-state index in [4.69, 9.17) is 4.74 Å². The van der Waals surface area contributed by atoms with E-state index in [1.54, 1.807) is 14.0 Å². The highest BCUT2D eigenvalue weighted by Gasteiger charge is 2.17. The molecule has 8 heteroatoms. The first-order chi connectivity index (χ1) is 8.56. The lowest BCUT2D eigenvalue weighted by Gasteiger charge is -2.05. The molecule has 0 spiro atoms. The number of methoxy groups -OCH3 is 1. The normalized spacial score (nSPS) is 10.3. The number of carbonyl (C=O) groups is 1. The first kappa shape index (κ1) is 14.1. The predicted molar refractivity (Wildman–Crippen MR) is 63.1 cm³/mol. The molecule has 0 fully saturated rings. The van der Waals surface area contributed by atoms with Gasteiger partial charge in [-0.1, -0.05) is 0 Å². The third kappa shape index (κ3) is 3.81. The minimum absolute atomic E-state index is 0.0212. The molecular weight excluding hydrogens is 240 g/mol. The van der Waals surface area contributed by atoms with Gasteiger partial charge < -0.3 is 10.1 Å². The topological polar surface area (TPSA) is 99.3 Å². The van der Waals surface area contributed by atoms with Crippen LogP contribution in [0, 0.1) is 17.0 Å². The maximum Gasteiger partial charge on any atom is 0.309 e. The quantitative estimate of drug-likeness (QED) is 0.428. The molecule has 0 atom stereocenters. The zero-order chi connectivity index (χ0) is 13.5. The number of amides is 1. The van der Waals surface area contributed by atoms with Crippen LogP contribution < -0.4 is 5.32 Å². The van der Waals surface area contributed by atoms with E-state index in [1.165, 1.54) is 4.68 Å². The summed E-state index contributed by atoms with van der Waals surface area (Å²) in [5.41, 5.74) is 0.286. The molecule has 0 aliphatic carbocycles. The van der Waals surface area contributed by atoms with E-state index in [9.17, 15) is 14.9 Å². The maximum absolute atomic E-state index is 11.5. The van der Waals surface area contributed by atoms with Crippen LogP contribution in [0.2, 0.25) is 0 Å². The maximum atomic E-state index is 11.5. The molecule has 1 heterocycles. The standard InChI is InChI=1S/C10H16N4O4/c1-8-9(14(16)17)6-12-13(8)7-10(15)11-4-3-5-18-2/h6H,3-5,7H2,1-2H3,(H,11,15). The van der Waals surface area contributed by atoms with Gasteiger partial charge in [0.1, 0.15) is 18.4 Å². The number of carbonyl (C=O) groups excluding carboxylic acids is 1. The van der Waals surface area contributed by atoms with Gasteiger partial charge >= 0.3 is 5.69 Å².